The molecule has 31 heavy (non-hydrogen) atoms. The first-order valence-electron chi connectivity index (χ1n) is 9.92. The predicted octanol–water partition coefficient (Wildman–Crippen LogP) is 4.40. The second-order valence-electron chi connectivity index (χ2n) is 7.53. The molecule has 0 unspecified atom stereocenters. The zero-order chi connectivity index (χ0) is 22.4. The number of aromatic nitrogens is 2. The number of carbonyl (C=O) groups excluding carboxylic acids is 2. The summed E-state index contributed by atoms with van der Waals surface area (Å²) in [5.74, 6) is 0.458. The number of hydrogen-bond acceptors (Lipinski definition) is 4. The van der Waals surface area contributed by atoms with Crippen molar-refractivity contribution in [1.82, 2.24) is 15.1 Å². The number of anilines is 1. The lowest BCUT2D eigenvalue weighted by atomic mass is 10.1. The number of rotatable bonds is 8. The highest BCUT2D eigenvalue weighted by molar-refractivity contribution is 9.10. The number of carbonyl (C=O) groups is 2. The first-order valence-corrected chi connectivity index (χ1v) is 10.7. The van der Waals surface area contributed by atoms with E-state index in [0.29, 0.717) is 36.0 Å². The van der Waals surface area contributed by atoms with Crippen LogP contribution in [0.4, 0.5) is 5.69 Å². The van der Waals surface area contributed by atoms with Gasteiger partial charge in [-0.15, -0.1) is 0 Å². The lowest BCUT2D eigenvalue weighted by Gasteiger charge is -2.11. The van der Waals surface area contributed by atoms with E-state index in [9.17, 15) is 9.59 Å². The molecule has 1 heterocycles. The number of aryl methyl sites for hydroxylation is 1. The SMILES string of the molecule is CC(C)CNC(=O)c1c(NC(=O)c2cccc(COc3ccc(Br)cc3)c2)cnn1C. The number of halogens is 1. The first kappa shape index (κ1) is 22.6. The van der Waals surface area contributed by atoms with E-state index in [4.69, 9.17) is 4.74 Å². The molecule has 2 amide bonds. The highest BCUT2D eigenvalue weighted by Crippen LogP contribution is 2.19. The molecule has 0 aliphatic carbocycles. The Labute approximate surface area is 189 Å². The summed E-state index contributed by atoms with van der Waals surface area (Å²) < 4.78 is 8.21. The van der Waals surface area contributed by atoms with Gasteiger partial charge in [-0.1, -0.05) is 41.9 Å². The molecule has 0 radical (unpaired) electrons. The fourth-order valence-corrected chi connectivity index (χ4v) is 3.14. The van der Waals surface area contributed by atoms with Gasteiger partial charge in [0.1, 0.15) is 18.1 Å². The van der Waals surface area contributed by atoms with E-state index >= 15 is 0 Å². The Kier molecular flexibility index (Phi) is 7.46. The van der Waals surface area contributed by atoms with Crippen molar-refractivity contribution < 1.29 is 14.3 Å². The summed E-state index contributed by atoms with van der Waals surface area (Å²) in [4.78, 5) is 25.3. The fourth-order valence-electron chi connectivity index (χ4n) is 2.87. The molecule has 3 rings (SSSR count). The second-order valence-corrected chi connectivity index (χ2v) is 8.45. The summed E-state index contributed by atoms with van der Waals surface area (Å²) >= 11 is 3.39. The van der Waals surface area contributed by atoms with Crippen molar-refractivity contribution >= 4 is 33.4 Å². The Morgan fingerprint density at radius 2 is 1.87 bits per heavy atom. The van der Waals surface area contributed by atoms with Crippen LogP contribution in [0.2, 0.25) is 0 Å². The van der Waals surface area contributed by atoms with E-state index in [0.717, 1.165) is 15.8 Å². The Hall–Kier alpha value is -3.13. The lowest BCUT2D eigenvalue weighted by molar-refractivity contribution is 0.0940. The number of nitrogens with zero attached hydrogens (tertiary/aromatic N) is 2. The molecule has 0 fully saturated rings. The average Bonchev–Trinajstić information content (AvgIpc) is 3.11. The number of amides is 2. The largest absolute Gasteiger partial charge is 0.489 e. The minimum atomic E-state index is -0.323. The van der Waals surface area contributed by atoms with Crippen molar-refractivity contribution in [3.8, 4) is 5.75 Å². The molecule has 7 nitrogen and oxygen atoms in total. The molecule has 162 valence electrons. The summed E-state index contributed by atoms with van der Waals surface area (Å²) in [5, 5.41) is 9.76. The summed E-state index contributed by atoms with van der Waals surface area (Å²) in [7, 11) is 1.67. The van der Waals surface area contributed by atoms with E-state index < -0.39 is 0 Å². The molecule has 0 bridgehead atoms. The summed E-state index contributed by atoms with van der Waals surface area (Å²) in [5.41, 5.74) is 2.00. The lowest BCUT2D eigenvalue weighted by Crippen LogP contribution is -2.30. The molecule has 0 atom stereocenters. The zero-order valence-corrected chi connectivity index (χ0v) is 19.3. The molecular weight excluding hydrogens is 460 g/mol. The third kappa shape index (κ3) is 6.18. The molecular formula is C23H25BrN4O3. The Morgan fingerprint density at radius 3 is 2.58 bits per heavy atom. The molecule has 0 saturated heterocycles. The van der Waals surface area contributed by atoms with Gasteiger partial charge in [-0.25, -0.2) is 0 Å². The number of hydrogen-bond donors (Lipinski definition) is 2. The Morgan fingerprint density at radius 1 is 1.13 bits per heavy atom. The van der Waals surface area contributed by atoms with Crippen LogP contribution in [0.1, 0.15) is 40.3 Å². The van der Waals surface area contributed by atoms with Crippen molar-refractivity contribution in [2.24, 2.45) is 13.0 Å². The fraction of sp³-hybridized carbons (Fsp3) is 0.261. The topological polar surface area (TPSA) is 85.2 Å². The van der Waals surface area contributed by atoms with Crippen LogP contribution >= 0.6 is 15.9 Å². The van der Waals surface area contributed by atoms with Crippen LogP contribution in [-0.4, -0.2) is 28.1 Å². The highest BCUT2D eigenvalue weighted by atomic mass is 79.9. The van der Waals surface area contributed by atoms with Gasteiger partial charge in [0.05, 0.1) is 11.9 Å². The molecule has 2 aromatic carbocycles. The van der Waals surface area contributed by atoms with E-state index in [1.54, 1.807) is 25.2 Å². The van der Waals surface area contributed by atoms with Crippen molar-refractivity contribution in [3.63, 3.8) is 0 Å². The average molecular weight is 485 g/mol. The maximum Gasteiger partial charge on any atom is 0.271 e. The minimum Gasteiger partial charge on any atom is -0.489 e. The molecule has 3 aromatic rings. The summed E-state index contributed by atoms with van der Waals surface area (Å²) in [6.07, 6.45) is 1.47. The number of ether oxygens (including phenoxy) is 1. The molecule has 0 spiro atoms. The highest BCUT2D eigenvalue weighted by Gasteiger charge is 2.19. The van der Waals surface area contributed by atoms with Gasteiger partial charge in [0.2, 0.25) is 0 Å². The Bertz CT molecular complexity index is 1060. The number of nitrogens with one attached hydrogen (secondary N) is 2. The van der Waals surface area contributed by atoms with Crippen LogP contribution in [-0.2, 0) is 13.7 Å². The van der Waals surface area contributed by atoms with Gasteiger partial charge in [0, 0.05) is 23.6 Å². The standard InChI is InChI=1S/C23H25BrN4O3/c1-15(2)12-25-23(30)21-20(13-26-28(21)3)27-22(29)17-6-4-5-16(11-17)14-31-19-9-7-18(24)8-10-19/h4-11,13,15H,12,14H2,1-3H3,(H,25,30)(H,27,29). The summed E-state index contributed by atoms with van der Waals surface area (Å²) in [6.45, 7) is 4.90. The van der Waals surface area contributed by atoms with E-state index in [2.05, 4.69) is 31.7 Å². The summed E-state index contributed by atoms with van der Waals surface area (Å²) in [6, 6.07) is 14.7. The smallest absolute Gasteiger partial charge is 0.271 e. The third-order valence-corrected chi connectivity index (χ3v) is 5.01. The van der Waals surface area contributed by atoms with E-state index in [-0.39, 0.29) is 11.8 Å². The monoisotopic (exact) mass is 484 g/mol. The zero-order valence-electron chi connectivity index (χ0n) is 17.7. The van der Waals surface area contributed by atoms with Crippen LogP contribution in [0.3, 0.4) is 0 Å². The van der Waals surface area contributed by atoms with Crippen molar-refractivity contribution in [3.05, 3.63) is 76.0 Å². The Balaban J connectivity index is 1.68. The van der Waals surface area contributed by atoms with Gasteiger partial charge in [0.15, 0.2) is 0 Å². The molecule has 0 aliphatic rings. The van der Waals surface area contributed by atoms with Gasteiger partial charge in [-0.2, -0.15) is 5.10 Å². The van der Waals surface area contributed by atoms with Gasteiger partial charge in [0.25, 0.3) is 11.8 Å². The number of benzene rings is 2. The third-order valence-electron chi connectivity index (χ3n) is 4.48. The van der Waals surface area contributed by atoms with E-state index in [1.807, 2.05) is 44.2 Å². The first-order chi connectivity index (χ1) is 14.8. The molecule has 2 N–H and O–H groups in total. The van der Waals surface area contributed by atoms with E-state index in [1.165, 1.54) is 10.9 Å². The minimum absolute atomic E-state index is 0.277. The van der Waals surface area contributed by atoms with Gasteiger partial charge < -0.3 is 15.4 Å². The van der Waals surface area contributed by atoms with Crippen LogP contribution in [0.15, 0.2) is 59.2 Å². The predicted molar refractivity (Wildman–Crippen MR) is 123 cm³/mol. The van der Waals surface area contributed by atoms with Gasteiger partial charge in [-0.3, -0.25) is 14.3 Å². The van der Waals surface area contributed by atoms with Crippen LogP contribution in [0.25, 0.3) is 0 Å². The van der Waals surface area contributed by atoms with Crippen molar-refractivity contribution in [2.75, 3.05) is 11.9 Å². The molecule has 0 saturated carbocycles. The van der Waals surface area contributed by atoms with Gasteiger partial charge in [-0.05, 0) is 47.9 Å². The van der Waals surface area contributed by atoms with Crippen LogP contribution in [0.5, 0.6) is 5.75 Å². The maximum atomic E-state index is 12.8. The van der Waals surface area contributed by atoms with Gasteiger partial charge >= 0.3 is 0 Å². The van der Waals surface area contributed by atoms with Crippen molar-refractivity contribution in [1.29, 1.82) is 0 Å². The maximum absolute atomic E-state index is 12.8. The molecule has 1 aromatic heterocycles. The van der Waals surface area contributed by atoms with Crippen LogP contribution < -0.4 is 15.4 Å². The van der Waals surface area contributed by atoms with Crippen LogP contribution in [0, 0.1) is 5.92 Å². The molecule has 0 aliphatic heterocycles. The quantitative estimate of drug-likeness (QED) is 0.496. The van der Waals surface area contributed by atoms with Crippen molar-refractivity contribution in [2.45, 2.75) is 20.5 Å². The second kappa shape index (κ2) is 10.3. The normalized spacial score (nSPS) is 10.7. The molecule has 8 heteroatoms.